The molecule has 0 N–H and O–H groups in total. The summed E-state index contributed by atoms with van der Waals surface area (Å²) in [6, 6.07) is 14.0. The van der Waals surface area contributed by atoms with E-state index in [1.165, 1.54) is 5.56 Å². The summed E-state index contributed by atoms with van der Waals surface area (Å²) < 4.78 is 11.0. The van der Waals surface area contributed by atoms with Crippen molar-refractivity contribution in [2.75, 3.05) is 53.5 Å². The molecule has 0 bridgehead atoms. The first-order valence-corrected chi connectivity index (χ1v) is 11.7. The van der Waals surface area contributed by atoms with Gasteiger partial charge in [0.1, 0.15) is 11.5 Å². The molecule has 1 unspecified atom stereocenters. The van der Waals surface area contributed by atoms with Crippen LogP contribution in [0.3, 0.4) is 0 Å². The zero-order valence-corrected chi connectivity index (χ0v) is 20.1. The van der Waals surface area contributed by atoms with Crippen molar-refractivity contribution in [3.63, 3.8) is 0 Å². The molecule has 176 valence electrons. The number of rotatable bonds is 7. The van der Waals surface area contributed by atoms with Crippen molar-refractivity contribution in [2.45, 2.75) is 26.3 Å². The summed E-state index contributed by atoms with van der Waals surface area (Å²) in [5.41, 5.74) is 4.03. The van der Waals surface area contributed by atoms with Crippen LogP contribution in [0.25, 0.3) is 0 Å². The van der Waals surface area contributed by atoms with Gasteiger partial charge in [0.25, 0.3) is 5.91 Å². The highest BCUT2D eigenvalue weighted by atomic mass is 16.5. The average Bonchev–Trinajstić information content (AvgIpc) is 3.30. The van der Waals surface area contributed by atoms with Gasteiger partial charge in [-0.3, -0.25) is 9.69 Å². The minimum Gasteiger partial charge on any atom is -0.497 e. The Kier molecular flexibility index (Phi) is 7.30. The summed E-state index contributed by atoms with van der Waals surface area (Å²) in [7, 11) is 3.28. The van der Waals surface area contributed by atoms with Crippen LogP contribution in [0, 0.1) is 6.92 Å². The SMILES string of the molecule is CCN1CCN(CC(=O)N2N=C(c3ccc(OC)cc3OC)CC2c2ccc(C)cc2)CC1. The number of nitrogens with zero attached hydrogens (tertiary/aromatic N) is 4. The Labute approximate surface area is 196 Å². The van der Waals surface area contributed by atoms with E-state index in [2.05, 4.69) is 47.9 Å². The molecule has 0 spiro atoms. The topological polar surface area (TPSA) is 57.6 Å². The summed E-state index contributed by atoms with van der Waals surface area (Å²) in [5, 5.41) is 6.53. The molecule has 0 radical (unpaired) electrons. The van der Waals surface area contributed by atoms with Gasteiger partial charge in [0, 0.05) is 44.2 Å². The van der Waals surface area contributed by atoms with Gasteiger partial charge in [-0.15, -0.1) is 0 Å². The number of aryl methyl sites for hydroxylation is 1. The quantitative estimate of drug-likeness (QED) is 0.648. The molecule has 2 aromatic carbocycles. The highest BCUT2D eigenvalue weighted by molar-refractivity contribution is 6.05. The second-order valence-corrected chi connectivity index (χ2v) is 8.69. The Balaban J connectivity index is 1.60. The van der Waals surface area contributed by atoms with Crippen molar-refractivity contribution in [2.24, 2.45) is 5.10 Å². The first-order chi connectivity index (χ1) is 16.0. The lowest BCUT2D eigenvalue weighted by Crippen LogP contribution is -2.49. The normalized spacial score (nSPS) is 19.5. The van der Waals surface area contributed by atoms with Gasteiger partial charge < -0.3 is 14.4 Å². The van der Waals surface area contributed by atoms with Crippen LogP contribution < -0.4 is 9.47 Å². The van der Waals surface area contributed by atoms with Crippen molar-refractivity contribution in [3.8, 4) is 11.5 Å². The van der Waals surface area contributed by atoms with Gasteiger partial charge in [-0.1, -0.05) is 36.8 Å². The number of benzene rings is 2. The maximum Gasteiger partial charge on any atom is 0.257 e. The number of piperazine rings is 1. The predicted octanol–water partition coefficient (Wildman–Crippen LogP) is 3.33. The molecular formula is C26H34N4O3. The smallest absolute Gasteiger partial charge is 0.257 e. The Morgan fingerprint density at radius 1 is 1.00 bits per heavy atom. The number of hydrogen-bond acceptors (Lipinski definition) is 6. The summed E-state index contributed by atoms with van der Waals surface area (Å²) in [5.74, 6) is 1.46. The first-order valence-electron chi connectivity index (χ1n) is 11.7. The van der Waals surface area contributed by atoms with Crippen molar-refractivity contribution >= 4 is 11.6 Å². The molecule has 1 fully saturated rings. The van der Waals surface area contributed by atoms with Crippen LogP contribution in [0.4, 0.5) is 0 Å². The van der Waals surface area contributed by atoms with Crippen LogP contribution in [0.5, 0.6) is 11.5 Å². The molecule has 2 aliphatic rings. The predicted molar refractivity (Wildman–Crippen MR) is 130 cm³/mol. The average molecular weight is 451 g/mol. The van der Waals surface area contributed by atoms with E-state index in [4.69, 9.17) is 14.6 Å². The van der Waals surface area contributed by atoms with Gasteiger partial charge in [-0.2, -0.15) is 5.10 Å². The Morgan fingerprint density at radius 2 is 1.70 bits per heavy atom. The van der Waals surface area contributed by atoms with E-state index in [0.29, 0.717) is 18.7 Å². The molecule has 0 saturated carbocycles. The van der Waals surface area contributed by atoms with Gasteiger partial charge in [0.2, 0.25) is 0 Å². The van der Waals surface area contributed by atoms with Crippen LogP contribution in [0.1, 0.15) is 36.1 Å². The molecule has 7 heteroatoms. The molecule has 1 saturated heterocycles. The number of amides is 1. The number of carbonyl (C=O) groups excluding carboxylic acids is 1. The Morgan fingerprint density at radius 3 is 2.33 bits per heavy atom. The van der Waals surface area contributed by atoms with Crippen molar-refractivity contribution in [3.05, 3.63) is 59.2 Å². The molecule has 4 rings (SSSR count). The summed E-state index contributed by atoms with van der Waals surface area (Å²) in [6.07, 6.45) is 0.640. The van der Waals surface area contributed by atoms with E-state index >= 15 is 0 Å². The second-order valence-electron chi connectivity index (χ2n) is 8.69. The number of ether oxygens (including phenoxy) is 2. The molecule has 2 aromatic rings. The molecule has 2 aliphatic heterocycles. The highest BCUT2D eigenvalue weighted by Crippen LogP contribution is 2.36. The van der Waals surface area contributed by atoms with Gasteiger partial charge >= 0.3 is 0 Å². The van der Waals surface area contributed by atoms with E-state index in [-0.39, 0.29) is 11.9 Å². The molecule has 1 amide bonds. The van der Waals surface area contributed by atoms with Crippen LogP contribution in [-0.4, -0.2) is 79.9 Å². The fourth-order valence-corrected chi connectivity index (χ4v) is 4.52. The third-order valence-electron chi connectivity index (χ3n) is 6.62. The number of likely N-dealkylation sites (N-methyl/N-ethyl adjacent to an activating group) is 1. The molecule has 2 heterocycles. The Hall–Kier alpha value is -2.90. The minimum absolute atomic E-state index is 0.0352. The number of carbonyl (C=O) groups is 1. The van der Waals surface area contributed by atoms with E-state index in [1.807, 2.05) is 18.2 Å². The molecule has 0 aromatic heterocycles. The molecular weight excluding hydrogens is 416 g/mol. The molecule has 0 aliphatic carbocycles. The van der Waals surface area contributed by atoms with Crippen molar-refractivity contribution < 1.29 is 14.3 Å². The molecule has 1 atom stereocenters. The minimum atomic E-state index is -0.128. The van der Waals surface area contributed by atoms with Crippen LogP contribution in [-0.2, 0) is 4.79 Å². The van der Waals surface area contributed by atoms with E-state index in [9.17, 15) is 4.79 Å². The number of hydrogen-bond donors (Lipinski definition) is 0. The maximum absolute atomic E-state index is 13.5. The number of hydrazone groups is 1. The van der Waals surface area contributed by atoms with Crippen LogP contribution in [0.2, 0.25) is 0 Å². The Bertz CT molecular complexity index is 997. The van der Waals surface area contributed by atoms with Crippen molar-refractivity contribution in [1.82, 2.24) is 14.8 Å². The first kappa shape index (κ1) is 23.3. The standard InChI is InChI=1S/C26H34N4O3/c1-5-28-12-14-29(15-13-28)18-26(31)30-24(20-8-6-19(2)7-9-20)17-23(27-30)22-11-10-21(32-3)16-25(22)33-4/h6-11,16,24H,5,12-15,17-18H2,1-4H3. The fourth-order valence-electron chi connectivity index (χ4n) is 4.52. The van der Waals surface area contributed by atoms with E-state index < -0.39 is 0 Å². The summed E-state index contributed by atoms with van der Waals surface area (Å²) in [4.78, 5) is 18.1. The van der Waals surface area contributed by atoms with Crippen molar-refractivity contribution in [1.29, 1.82) is 0 Å². The van der Waals surface area contributed by atoms with Gasteiger partial charge in [-0.25, -0.2) is 5.01 Å². The lowest BCUT2D eigenvalue weighted by atomic mass is 9.97. The third kappa shape index (κ3) is 5.20. The highest BCUT2D eigenvalue weighted by Gasteiger charge is 2.35. The molecule has 33 heavy (non-hydrogen) atoms. The van der Waals surface area contributed by atoms with Gasteiger partial charge in [-0.05, 0) is 31.2 Å². The van der Waals surface area contributed by atoms with Crippen LogP contribution in [0.15, 0.2) is 47.6 Å². The lowest BCUT2D eigenvalue weighted by Gasteiger charge is -2.34. The number of methoxy groups -OCH3 is 2. The fraction of sp³-hybridized carbons (Fsp3) is 0.462. The van der Waals surface area contributed by atoms with Crippen LogP contribution >= 0.6 is 0 Å². The lowest BCUT2D eigenvalue weighted by molar-refractivity contribution is -0.134. The maximum atomic E-state index is 13.5. The van der Waals surface area contributed by atoms with E-state index in [0.717, 1.165) is 55.3 Å². The van der Waals surface area contributed by atoms with E-state index in [1.54, 1.807) is 19.2 Å². The molecule has 7 nitrogen and oxygen atoms in total. The second kappa shape index (κ2) is 10.4. The monoisotopic (exact) mass is 450 g/mol. The van der Waals surface area contributed by atoms with Gasteiger partial charge in [0.05, 0.1) is 32.5 Å². The summed E-state index contributed by atoms with van der Waals surface area (Å²) >= 11 is 0. The zero-order valence-electron chi connectivity index (χ0n) is 20.1. The summed E-state index contributed by atoms with van der Waals surface area (Å²) in [6.45, 7) is 9.52. The van der Waals surface area contributed by atoms with Gasteiger partial charge in [0.15, 0.2) is 0 Å². The third-order valence-corrected chi connectivity index (χ3v) is 6.62. The zero-order chi connectivity index (χ0) is 23.4. The largest absolute Gasteiger partial charge is 0.497 e.